The molecule has 0 aromatic heterocycles. The minimum Gasteiger partial charge on any atom is -0.376 e. The molecular weight excluding hydrogens is 865 g/mol. The molecule has 68 heavy (non-hydrogen) atoms. The number of likely N-dealkylation sites (tertiary alicyclic amines) is 2. The lowest BCUT2D eigenvalue weighted by atomic mass is 9.87. The first-order valence-electron chi connectivity index (χ1n) is 25.4. The Morgan fingerprint density at radius 3 is 1.35 bits per heavy atom. The number of amides is 6. The molecule has 16 heteroatoms. The second kappa shape index (κ2) is 25.6. The van der Waals surface area contributed by atoms with Crippen LogP contribution in [0.15, 0.2) is 48.5 Å². The predicted molar refractivity (Wildman–Crippen MR) is 260 cm³/mol. The van der Waals surface area contributed by atoms with Gasteiger partial charge in [0.25, 0.3) is 0 Å². The molecule has 374 valence electrons. The second-order valence-electron chi connectivity index (χ2n) is 19.2. The van der Waals surface area contributed by atoms with Crippen LogP contribution in [0.5, 0.6) is 0 Å². The van der Waals surface area contributed by atoms with Gasteiger partial charge >= 0.3 is 0 Å². The zero-order valence-electron chi connectivity index (χ0n) is 41.3. The standard InChI is InChI=1S/C52H78N8O8/c1-33(53-5)47(61)57-45(51(65)59-29-17-27-43(59)49(63)55-41-25-15-21-37-19-9-11-23-39(37)41)35(3)67-31-13-7-8-14-32-68-36(4)46(58-48(62)34(2)54-6)52(66)60-30-18-28-44(60)50(64)56-42-26-16-22-38-20-10-12-24-40(38)42/h9-12,19-20,23-24,33-36,41-46,53-54H,7-8,13-18,21-22,25-32H2,1-6H3,(H,55,63)(H,56,64)(H,57,61)(H,58,62)/t33-,34-,35?,36?,41+,42+,43-,44-,45-,46-/m0/s1. The summed E-state index contributed by atoms with van der Waals surface area (Å²) >= 11 is 0. The predicted octanol–water partition coefficient (Wildman–Crippen LogP) is 3.91. The average Bonchev–Trinajstić information content (AvgIpc) is 4.06. The van der Waals surface area contributed by atoms with E-state index >= 15 is 0 Å². The molecule has 6 N–H and O–H groups in total. The number of ether oxygens (including phenoxy) is 2. The van der Waals surface area contributed by atoms with Crippen molar-refractivity contribution in [2.24, 2.45) is 0 Å². The van der Waals surface area contributed by atoms with E-state index in [1.807, 2.05) is 24.3 Å². The number of carbonyl (C=O) groups excluding carboxylic acids is 6. The maximum atomic E-state index is 14.3. The monoisotopic (exact) mass is 943 g/mol. The summed E-state index contributed by atoms with van der Waals surface area (Å²) in [5, 5.41) is 18.2. The van der Waals surface area contributed by atoms with E-state index < -0.39 is 48.5 Å². The first-order chi connectivity index (χ1) is 32.8. The Morgan fingerprint density at radius 1 is 0.559 bits per heavy atom. The number of aryl methyl sites for hydroxylation is 2. The number of fused-ring (bicyclic) bond motifs is 2. The van der Waals surface area contributed by atoms with Gasteiger partial charge < -0.3 is 51.2 Å². The lowest BCUT2D eigenvalue weighted by Crippen LogP contribution is -2.59. The van der Waals surface area contributed by atoms with Crippen molar-refractivity contribution in [1.29, 1.82) is 0 Å². The third-order valence-electron chi connectivity index (χ3n) is 14.6. The lowest BCUT2D eigenvalue weighted by Gasteiger charge is -2.33. The van der Waals surface area contributed by atoms with E-state index in [9.17, 15) is 28.8 Å². The van der Waals surface area contributed by atoms with Crippen LogP contribution in [0.1, 0.15) is 139 Å². The van der Waals surface area contributed by atoms with Gasteiger partial charge in [0.15, 0.2) is 0 Å². The van der Waals surface area contributed by atoms with Crippen molar-refractivity contribution in [2.45, 2.75) is 178 Å². The summed E-state index contributed by atoms with van der Waals surface area (Å²) in [6.07, 6.45) is 9.78. The van der Waals surface area contributed by atoms with Crippen molar-refractivity contribution in [2.75, 3.05) is 40.4 Å². The van der Waals surface area contributed by atoms with E-state index in [2.05, 4.69) is 56.2 Å². The van der Waals surface area contributed by atoms with Gasteiger partial charge in [0.1, 0.15) is 24.2 Å². The van der Waals surface area contributed by atoms with Gasteiger partial charge in [0.05, 0.1) is 36.4 Å². The molecule has 2 aliphatic heterocycles. The quantitative estimate of drug-likeness (QED) is 0.0889. The van der Waals surface area contributed by atoms with Crippen LogP contribution in [0, 0.1) is 0 Å². The molecule has 2 heterocycles. The summed E-state index contributed by atoms with van der Waals surface area (Å²) in [6.45, 7) is 8.56. The fourth-order valence-corrected chi connectivity index (χ4v) is 10.2. The van der Waals surface area contributed by atoms with Crippen LogP contribution in [0.25, 0.3) is 0 Å². The Balaban J connectivity index is 0.977. The Kier molecular flexibility index (Phi) is 19.8. The van der Waals surface area contributed by atoms with Crippen LogP contribution in [0.3, 0.4) is 0 Å². The number of unbranched alkanes of at least 4 members (excludes halogenated alkanes) is 3. The fourth-order valence-electron chi connectivity index (χ4n) is 10.2. The number of hydrogen-bond donors (Lipinski definition) is 6. The largest absolute Gasteiger partial charge is 0.376 e. The summed E-state index contributed by atoms with van der Waals surface area (Å²) in [5.74, 6) is -1.66. The minimum atomic E-state index is -0.983. The average molecular weight is 943 g/mol. The fraction of sp³-hybridized carbons (Fsp3) is 0.654. The third-order valence-corrected chi connectivity index (χ3v) is 14.6. The van der Waals surface area contributed by atoms with E-state index in [4.69, 9.17) is 9.47 Å². The molecule has 0 spiro atoms. The Morgan fingerprint density at radius 2 is 0.956 bits per heavy atom. The molecule has 10 atom stereocenters. The van der Waals surface area contributed by atoms with Gasteiger partial charge in [-0.25, -0.2) is 0 Å². The first-order valence-corrected chi connectivity index (χ1v) is 25.4. The highest BCUT2D eigenvalue weighted by molar-refractivity contribution is 5.95. The highest BCUT2D eigenvalue weighted by atomic mass is 16.5. The second-order valence-corrected chi connectivity index (χ2v) is 19.2. The van der Waals surface area contributed by atoms with Crippen molar-refractivity contribution >= 4 is 35.4 Å². The van der Waals surface area contributed by atoms with Gasteiger partial charge in [-0.15, -0.1) is 0 Å². The molecule has 2 saturated heterocycles. The molecule has 0 saturated carbocycles. The lowest BCUT2D eigenvalue weighted by molar-refractivity contribution is -0.145. The minimum absolute atomic E-state index is 0.102. The van der Waals surface area contributed by atoms with Crippen LogP contribution >= 0.6 is 0 Å². The zero-order valence-corrected chi connectivity index (χ0v) is 41.3. The highest BCUT2D eigenvalue weighted by Crippen LogP contribution is 2.32. The van der Waals surface area contributed by atoms with Crippen LogP contribution in [0.2, 0.25) is 0 Å². The van der Waals surface area contributed by atoms with Gasteiger partial charge in [-0.2, -0.15) is 0 Å². The maximum Gasteiger partial charge on any atom is 0.248 e. The maximum absolute atomic E-state index is 14.3. The van der Waals surface area contributed by atoms with E-state index in [0.29, 0.717) is 64.8 Å². The third kappa shape index (κ3) is 13.4. The number of benzene rings is 2. The molecule has 0 radical (unpaired) electrons. The van der Waals surface area contributed by atoms with Crippen molar-refractivity contribution in [1.82, 2.24) is 41.7 Å². The number of rotatable bonds is 23. The van der Waals surface area contributed by atoms with Crippen LogP contribution in [0.4, 0.5) is 0 Å². The molecule has 2 aromatic rings. The Labute approximate surface area is 403 Å². The SMILES string of the molecule is CN[C@@H](C)C(=O)N[C@H](C(=O)N1CCC[C@H]1C(=O)N[C@@H]1CCCc2ccccc21)C(C)OCCCCCCOC(C)[C@H](NC(=O)[C@H](C)NC)C(=O)N1CCC[C@H]1C(=O)N[C@@H]1CCCc2ccccc21. The molecule has 2 fully saturated rings. The normalized spacial score (nSPS) is 22.7. The topological polar surface area (TPSA) is 200 Å². The van der Waals surface area contributed by atoms with Gasteiger partial charge in [0.2, 0.25) is 35.4 Å². The number of nitrogens with zero attached hydrogens (tertiary/aromatic N) is 2. The smallest absolute Gasteiger partial charge is 0.248 e. The molecule has 4 aliphatic rings. The van der Waals surface area contributed by atoms with Crippen LogP contribution < -0.4 is 31.9 Å². The summed E-state index contributed by atoms with van der Waals surface area (Å²) in [4.78, 5) is 85.7. The van der Waals surface area contributed by atoms with Gasteiger partial charge in [0, 0.05) is 26.3 Å². The highest BCUT2D eigenvalue weighted by Gasteiger charge is 2.43. The van der Waals surface area contributed by atoms with Crippen molar-refractivity contribution in [3.05, 3.63) is 70.8 Å². The molecular formula is C52H78N8O8. The molecule has 2 unspecified atom stereocenters. The number of likely N-dealkylation sites (N-methyl/N-ethyl adjacent to an activating group) is 2. The molecule has 0 bridgehead atoms. The van der Waals surface area contributed by atoms with E-state index in [1.165, 1.54) is 11.1 Å². The summed E-state index contributed by atoms with van der Waals surface area (Å²) in [7, 11) is 3.36. The summed E-state index contributed by atoms with van der Waals surface area (Å²) in [6, 6.07) is 11.9. The van der Waals surface area contributed by atoms with Gasteiger partial charge in [-0.1, -0.05) is 61.4 Å². The van der Waals surface area contributed by atoms with Crippen LogP contribution in [-0.4, -0.2) is 134 Å². The van der Waals surface area contributed by atoms with Crippen molar-refractivity contribution in [3.63, 3.8) is 0 Å². The van der Waals surface area contributed by atoms with E-state index in [1.54, 1.807) is 51.6 Å². The number of nitrogens with one attached hydrogen (secondary N) is 6. The first kappa shape index (κ1) is 52.5. The number of carbonyl (C=O) groups is 6. The van der Waals surface area contributed by atoms with Crippen molar-refractivity contribution in [3.8, 4) is 0 Å². The Bertz CT molecular complexity index is 1890. The van der Waals surface area contributed by atoms with E-state index in [-0.39, 0.29) is 47.5 Å². The number of hydrogen-bond acceptors (Lipinski definition) is 10. The van der Waals surface area contributed by atoms with Gasteiger partial charge in [-0.05, 0) is 141 Å². The Hall–Kier alpha value is -4.90. The summed E-state index contributed by atoms with van der Waals surface area (Å²) < 4.78 is 12.5. The summed E-state index contributed by atoms with van der Waals surface area (Å²) in [5.41, 5.74) is 4.76. The van der Waals surface area contributed by atoms with Crippen LogP contribution in [-0.2, 0) is 51.1 Å². The molecule has 2 aliphatic carbocycles. The van der Waals surface area contributed by atoms with Gasteiger partial charge in [-0.3, -0.25) is 28.8 Å². The molecule has 2 aromatic carbocycles. The van der Waals surface area contributed by atoms with Crippen molar-refractivity contribution < 1.29 is 38.2 Å². The van der Waals surface area contributed by atoms with E-state index in [0.717, 1.165) is 62.5 Å². The zero-order chi connectivity index (χ0) is 48.7. The molecule has 6 rings (SSSR count). The molecule has 6 amide bonds. The molecule has 16 nitrogen and oxygen atoms in total.